The molecule has 0 atom stereocenters. The van der Waals surface area contributed by atoms with Crippen LogP contribution in [0.5, 0.6) is 0 Å². The fraction of sp³-hybridized carbons (Fsp3) is 0.250. The van der Waals surface area contributed by atoms with Gasteiger partial charge in [-0.05, 0) is 31.2 Å². The van der Waals surface area contributed by atoms with Crippen LogP contribution in [0.4, 0.5) is 0 Å². The van der Waals surface area contributed by atoms with Crippen LogP contribution in [-0.2, 0) is 22.4 Å². The van der Waals surface area contributed by atoms with Crippen LogP contribution in [0.3, 0.4) is 0 Å². The van der Waals surface area contributed by atoms with Crippen LogP contribution in [0.1, 0.15) is 20.1 Å². The van der Waals surface area contributed by atoms with E-state index in [1.807, 2.05) is 48.5 Å². The van der Waals surface area contributed by atoms with Crippen LogP contribution in [0.2, 0.25) is 0 Å². The van der Waals surface area contributed by atoms with Crippen molar-refractivity contribution in [3.63, 3.8) is 0 Å². The Kier molecular flexibility index (Phi) is 10.7. The maximum Gasteiger partial charge on any atom is 1.00 e. The van der Waals surface area contributed by atoms with Crippen molar-refractivity contribution >= 4 is 36.6 Å². The maximum atomic E-state index is 11.2. The molecule has 0 fully saturated rings. The van der Waals surface area contributed by atoms with Gasteiger partial charge in [0.2, 0.25) is 5.89 Å². The Morgan fingerprint density at radius 1 is 1.00 bits per heavy atom. The number of carbonyl (C=O) groups is 1. The molecule has 0 amide bonds. The van der Waals surface area contributed by atoms with Gasteiger partial charge in [-0.25, -0.2) is 9.97 Å². The number of hydrogen-bond acceptors (Lipinski definition) is 7. The maximum absolute atomic E-state index is 11.2. The molecule has 2 aromatic carbocycles. The Balaban J connectivity index is 0.000000519. The van der Waals surface area contributed by atoms with E-state index in [0.717, 1.165) is 16.6 Å². The molecule has 0 aliphatic rings. The van der Waals surface area contributed by atoms with Crippen LogP contribution in [-0.4, -0.2) is 42.7 Å². The van der Waals surface area contributed by atoms with E-state index in [1.165, 1.54) is 0 Å². The second-order valence-electron chi connectivity index (χ2n) is 5.61. The minimum atomic E-state index is -0.316. The summed E-state index contributed by atoms with van der Waals surface area (Å²) in [4.78, 5) is 19.5. The quantitative estimate of drug-likeness (QED) is 0.371. The van der Waals surface area contributed by atoms with Gasteiger partial charge in [-0.3, -0.25) is 4.79 Å². The summed E-state index contributed by atoms with van der Waals surface area (Å²) in [7, 11) is 0. The number of aromatic nitrogens is 2. The summed E-state index contributed by atoms with van der Waals surface area (Å²) < 4.78 is 15.5. The molecule has 0 bridgehead atoms. The Labute approximate surface area is 193 Å². The van der Waals surface area contributed by atoms with Crippen LogP contribution < -0.4 is 29.6 Å². The van der Waals surface area contributed by atoms with E-state index in [0.29, 0.717) is 30.4 Å². The number of benzene rings is 2. The summed E-state index contributed by atoms with van der Waals surface area (Å²) in [6.45, 7) is 2.22. The van der Waals surface area contributed by atoms with Crippen molar-refractivity contribution in [2.24, 2.45) is 0 Å². The third-order valence-corrected chi connectivity index (χ3v) is 3.60. The number of esters is 1. The van der Waals surface area contributed by atoms with Crippen molar-refractivity contribution < 1.29 is 54.5 Å². The molecule has 0 unspecified atom stereocenters. The van der Waals surface area contributed by atoms with Crippen LogP contribution in [0.15, 0.2) is 57.4 Å². The largest absolute Gasteiger partial charge is 1.00 e. The molecule has 0 aliphatic carbocycles. The van der Waals surface area contributed by atoms with Crippen LogP contribution >= 0.6 is 0 Å². The normalized spacial score (nSPS) is 9.86. The first-order chi connectivity index (χ1) is 13.2. The monoisotopic (exact) mass is 403 g/mol. The van der Waals surface area contributed by atoms with E-state index in [-0.39, 0.29) is 58.4 Å². The topological polar surface area (TPSA) is 98.6 Å². The molecular weight excluding hydrogens is 382 g/mol. The number of rotatable bonds is 5. The molecular formula is C20H21BN2NaO5. The number of hydrogen-bond donors (Lipinski definition) is 1. The predicted molar refractivity (Wildman–Crippen MR) is 106 cm³/mol. The summed E-state index contributed by atoms with van der Waals surface area (Å²) in [5.41, 5.74) is 3.08. The zero-order chi connectivity index (χ0) is 19.1. The SMILES string of the molecule is CCOC(=O)Cc1nc2ccccc2o1.OCCc1nc2ccccc2o1.[B].[H-].[Na+]. The number of fused-ring (bicyclic) bond motifs is 2. The molecule has 0 saturated carbocycles. The van der Waals surface area contributed by atoms with Crippen molar-refractivity contribution in [3.05, 3.63) is 60.3 Å². The van der Waals surface area contributed by atoms with Crippen LogP contribution in [0.25, 0.3) is 22.2 Å². The fourth-order valence-corrected chi connectivity index (χ4v) is 2.45. The molecule has 7 nitrogen and oxygen atoms in total. The van der Waals surface area contributed by atoms with E-state index in [9.17, 15) is 4.79 Å². The second-order valence-corrected chi connectivity index (χ2v) is 5.61. The summed E-state index contributed by atoms with van der Waals surface area (Å²) in [5, 5.41) is 8.64. The number of ether oxygens (including phenoxy) is 1. The number of oxazole rings is 2. The third kappa shape index (κ3) is 7.01. The predicted octanol–water partition coefficient (Wildman–Crippen LogP) is 0.0317. The van der Waals surface area contributed by atoms with E-state index >= 15 is 0 Å². The first-order valence-electron chi connectivity index (χ1n) is 8.65. The van der Waals surface area contributed by atoms with E-state index in [4.69, 9.17) is 18.7 Å². The Morgan fingerprint density at radius 2 is 1.52 bits per heavy atom. The smallest absolute Gasteiger partial charge is 1.00 e. The molecule has 0 saturated heterocycles. The van der Waals surface area contributed by atoms with E-state index in [1.54, 1.807) is 6.92 Å². The molecule has 0 aliphatic heterocycles. The zero-order valence-corrected chi connectivity index (χ0v) is 18.5. The van der Waals surface area contributed by atoms with Crippen molar-refractivity contribution in [1.82, 2.24) is 9.97 Å². The Hall–Kier alpha value is -2.13. The molecule has 9 heteroatoms. The minimum Gasteiger partial charge on any atom is -1.00 e. The summed E-state index contributed by atoms with van der Waals surface area (Å²) in [6, 6.07) is 15.0. The van der Waals surface area contributed by atoms with Gasteiger partial charge in [0, 0.05) is 14.8 Å². The van der Waals surface area contributed by atoms with E-state index in [2.05, 4.69) is 9.97 Å². The molecule has 145 valence electrons. The minimum absolute atomic E-state index is 0. The molecule has 2 aromatic heterocycles. The third-order valence-electron chi connectivity index (χ3n) is 3.60. The second kappa shape index (κ2) is 12.4. The Bertz CT molecular complexity index is 974. The van der Waals surface area contributed by atoms with Gasteiger partial charge in [-0.15, -0.1) is 0 Å². The molecule has 1 N–H and O–H groups in total. The number of aliphatic hydroxyl groups excluding tert-OH is 1. The molecule has 0 spiro atoms. The summed E-state index contributed by atoms with van der Waals surface area (Å²) >= 11 is 0. The van der Waals surface area contributed by atoms with Gasteiger partial charge in [0.05, 0.1) is 13.2 Å². The first kappa shape index (κ1) is 24.9. The van der Waals surface area contributed by atoms with Crippen LogP contribution in [0, 0.1) is 0 Å². The van der Waals surface area contributed by atoms with E-state index < -0.39 is 0 Å². The molecule has 4 aromatic rings. The molecule has 3 radical (unpaired) electrons. The van der Waals surface area contributed by atoms with Gasteiger partial charge >= 0.3 is 35.5 Å². The fourth-order valence-electron chi connectivity index (χ4n) is 2.45. The Morgan fingerprint density at radius 3 is 2.03 bits per heavy atom. The average molecular weight is 403 g/mol. The standard InChI is InChI=1S/C11H11NO3.C9H9NO2.B.Na.H/c1-2-14-11(13)7-10-12-8-5-3-4-6-9(8)15-10;11-6-5-9-10-7-3-1-2-4-8(7)12-9;;;/h3-6H,2,7H2,1H3;1-4,11H,5-6H2;;;/q;;;+1;-1. The van der Waals surface area contributed by atoms with Gasteiger partial charge < -0.3 is 20.1 Å². The van der Waals surface area contributed by atoms with Crippen molar-refractivity contribution in [3.8, 4) is 0 Å². The number of nitrogens with zero attached hydrogens (tertiary/aromatic N) is 2. The van der Waals surface area contributed by atoms with Crippen molar-refractivity contribution in [2.75, 3.05) is 13.2 Å². The van der Waals surface area contributed by atoms with Gasteiger partial charge in [-0.2, -0.15) is 0 Å². The van der Waals surface area contributed by atoms with Gasteiger partial charge in [0.25, 0.3) is 0 Å². The molecule has 4 rings (SSSR count). The summed E-state index contributed by atoms with van der Waals surface area (Å²) in [5.74, 6) is 0.678. The first-order valence-corrected chi connectivity index (χ1v) is 8.65. The van der Waals surface area contributed by atoms with Gasteiger partial charge in [0.1, 0.15) is 17.5 Å². The molecule has 29 heavy (non-hydrogen) atoms. The molecule has 2 heterocycles. The zero-order valence-electron chi connectivity index (χ0n) is 17.5. The van der Waals surface area contributed by atoms with Crippen molar-refractivity contribution in [1.29, 1.82) is 0 Å². The number of carbonyl (C=O) groups excluding carboxylic acids is 1. The average Bonchev–Trinajstić information content (AvgIpc) is 3.25. The number of aliphatic hydroxyl groups is 1. The van der Waals surface area contributed by atoms with Gasteiger partial charge in [0.15, 0.2) is 17.1 Å². The summed E-state index contributed by atoms with van der Waals surface area (Å²) in [6.07, 6.45) is 0.567. The number of para-hydroxylation sites is 4. The van der Waals surface area contributed by atoms with Crippen molar-refractivity contribution in [2.45, 2.75) is 19.8 Å². The van der Waals surface area contributed by atoms with Gasteiger partial charge in [-0.1, -0.05) is 24.3 Å².